The van der Waals surface area contributed by atoms with Crippen LogP contribution in [-0.4, -0.2) is 29.6 Å². The quantitative estimate of drug-likeness (QED) is 0.513. The predicted molar refractivity (Wildman–Crippen MR) is 103 cm³/mol. The molecule has 1 aromatic heterocycles. The van der Waals surface area contributed by atoms with E-state index in [0.29, 0.717) is 34.3 Å². The molecule has 1 unspecified atom stereocenters. The Bertz CT molecular complexity index is 977. The zero-order chi connectivity index (χ0) is 19.4. The number of hydrogen-bond donors (Lipinski definition) is 4. The van der Waals surface area contributed by atoms with Gasteiger partial charge in [-0.2, -0.15) is 0 Å². The van der Waals surface area contributed by atoms with Crippen molar-refractivity contribution < 1.29 is 14.3 Å². The molecule has 140 valence electrons. The Morgan fingerprint density at radius 1 is 1.30 bits per heavy atom. The number of pyridine rings is 1. The van der Waals surface area contributed by atoms with E-state index in [9.17, 15) is 14.3 Å². The zero-order valence-electron chi connectivity index (χ0n) is 14.9. The maximum atomic E-state index is 13.7. The van der Waals surface area contributed by atoms with Crippen LogP contribution in [0.4, 0.5) is 10.1 Å². The fourth-order valence-corrected chi connectivity index (χ4v) is 3.11. The minimum atomic E-state index is -0.576. The average molecular weight is 368 g/mol. The highest BCUT2D eigenvalue weighted by atomic mass is 19.1. The van der Waals surface area contributed by atoms with Gasteiger partial charge in [0.05, 0.1) is 29.4 Å². The maximum absolute atomic E-state index is 13.7. The molecule has 27 heavy (non-hydrogen) atoms. The molecule has 1 heterocycles. The van der Waals surface area contributed by atoms with Crippen LogP contribution in [0.25, 0.3) is 10.9 Å². The summed E-state index contributed by atoms with van der Waals surface area (Å²) in [5.41, 5.74) is 8.17. The number of benzene rings is 2. The van der Waals surface area contributed by atoms with E-state index in [1.54, 1.807) is 31.3 Å². The summed E-state index contributed by atoms with van der Waals surface area (Å²) in [4.78, 5) is 16.0. The van der Waals surface area contributed by atoms with Crippen molar-refractivity contribution in [3.8, 4) is 0 Å². The number of nitrogens with two attached hydrogens (primary N) is 1. The molecule has 1 atom stereocenters. The van der Waals surface area contributed by atoms with Gasteiger partial charge in [-0.05, 0) is 30.8 Å². The van der Waals surface area contributed by atoms with E-state index in [2.05, 4.69) is 15.6 Å². The Balaban J connectivity index is 2.13. The summed E-state index contributed by atoms with van der Waals surface area (Å²) in [6.45, 7) is 0.287. The number of aliphatic hydroxyl groups is 1. The molecule has 2 aromatic carbocycles. The number of amides is 1. The largest absolute Gasteiger partial charge is 0.392 e. The van der Waals surface area contributed by atoms with Gasteiger partial charge in [-0.25, -0.2) is 4.39 Å². The van der Waals surface area contributed by atoms with Gasteiger partial charge in [0.15, 0.2) is 0 Å². The van der Waals surface area contributed by atoms with Gasteiger partial charge in [0.2, 0.25) is 0 Å². The fourth-order valence-electron chi connectivity index (χ4n) is 3.11. The number of primary amides is 1. The molecule has 0 spiro atoms. The Hall–Kier alpha value is -3.03. The van der Waals surface area contributed by atoms with Gasteiger partial charge in [-0.15, -0.1) is 0 Å². The molecule has 0 aliphatic rings. The molecule has 0 radical (unpaired) electrons. The molecule has 1 amide bonds. The second-order valence-electron chi connectivity index (χ2n) is 6.19. The first-order valence-electron chi connectivity index (χ1n) is 8.53. The number of nitrogens with zero attached hydrogens (tertiary/aromatic N) is 1. The lowest BCUT2D eigenvalue weighted by Crippen LogP contribution is -2.24. The number of aliphatic hydroxyl groups excluding tert-OH is 1. The van der Waals surface area contributed by atoms with Gasteiger partial charge in [0, 0.05) is 23.7 Å². The molecule has 6 nitrogen and oxygen atoms in total. The van der Waals surface area contributed by atoms with Crippen LogP contribution >= 0.6 is 0 Å². The lowest BCUT2D eigenvalue weighted by atomic mass is 10.0. The first-order valence-corrected chi connectivity index (χ1v) is 8.53. The number of likely N-dealkylation sites (N-methyl/N-ethyl adjacent to an activating group) is 1. The van der Waals surface area contributed by atoms with Gasteiger partial charge < -0.3 is 21.5 Å². The summed E-state index contributed by atoms with van der Waals surface area (Å²) < 4.78 is 13.7. The summed E-state index contributed by atoms with van der Waals surface area (Å²) in [5.74, 6) is -0.902. The SMILES string of the molecule is CNCC(Nc1c(CO)cnc2c(C(N)=O)cccc12)c1cccc(F)c1. The molecule has 0 saturated carbocycles. The Morgan fingerprint density at radius 3 is 2.74 bits per heavy atom. The monoisotopic (exact) mass is 368 g/mol. The summed E-state index contributed by atoms with van der Waals surface area (Å²) in [5, 5.41) is 16.9. The van der Waals surface area contributed by atoms with Crippen LogP contribution in [-0.2, 0) is 6.61 Å². The molecule has 5 N–H and O–H groups in total. The number of para-hydroxylation sites is 1. The standard InChI is InChI=1S/C20H21FN4O2/c1-23-10-17(12-4-2-5-14(21)8-12)25-18-13(11-26)9-24-19-15(18)6-3-7-16(19)20(22)27/h2-9,17,23,26H,10-11H2,1H3,(H2,22,27)(H,24,25). The number of halogens is 1. The number of nitrogens with one attached hydrogen (secondary N) is 2. The fraction of sp³-hybridized carbons (Fsp3) is 0.200. The van der Waals surface area contributed by atoms with E-state index in [-0.39, 0.29) is 18.5 Å². The normalized spacial score (nSPS) is 12.1. The van der Waals surface area contributed by atoms with Crippen molar-refractivity contribution in [2.75, 3.05) is 18.9 Å². The van der Waals surface area contributed by atoms with Gasteiger partial charge in [-0.3, -0.25) is 9.78 Å². The molecule has 0 fully saturated rings. The number of aromatic nitrogens is 1. The van der Waals surface area contributed by atoms with E-state index in [4.69, 9.17) is 5.73 Å². The summed E-state index contributed by atoms with van der Waals surface area (Å²) >= 11 is 0. The molecule has 0 saturated heterocycles. The van der Waals surface area contributed by atoms with E-state index in [1.165, 1.54) is 18.3 Å². The molecule has 0 aliphatic carbocycles. The predicted octanol–water partition coefficient (Wildman–Crippen LogP) is 2.34. The summed E-state index contributed by atoms with van der Waals surface area (Å²) in [6, 6.07) is 11.2. The lowest BCUT2D eigenvalue weighted by molar-refractivity contribution is 0.100. The summed E-state index contributed by atoms with van der Waals surface area (Å²) in [6.07, 6.45) is 1.51. The number of anilines is 1. The van der Waals surface area contributed by atoms with Crippen LogP contribution < -0.4 is 16.4 Å². The number of hydrogen-bond acceptors (Lipinski definition) is 5. The second-order valence-corrected chi connectivity index (χ2v) is 6.19. The van der Waals surface area contributed by atoms with Crippen LogP contribution in [0.3, 0.4) is 0 Å². The van der Waals surface area contributed by atoms with Gasteiger partial charge in [0.25, 0.3) is 5.91 Å². The van der Waals surface area contributed by atoms with Crippen molar-refractivity contribution in [3.05, 3.63) is 71.2 Å². The van der Waals surface area contributed by atoms with Gasteiger partial charge >= 0.3 is 0 Å². The smallest absolute Gasteiger partial charge is 0.250 e. The average Bonchev–Trinajstić information content (AvgIpc) is 2.67. The Kier molecular flexibility index (Phi) is 5.63. The van der Waals surface area contributed by atoms with E-state index in [1.807, 2.05) is 6.07 Å². The topological polar surface area (TPSA) is 100 Å². The van der Waals surface area contributed by atoms with E-state index >= 15 is 0 Å². The first-order chi connectivity index (χ1) is 13.0. The third-order valence-electron chi connectivity index (χ3n) is 4.39. The molecule has 3 aromatic rings. The Labute approximate surface area is 156 Å². The number of carbonyl (C=O) groups excluding carboxylic acids is 1. The number of rotatable bonds is 7. The third kappa shape index (κ3) is 3.89. The maximum Gasteiger partial charge on any atom is 0.250 e. The second kappa shape index (κ2) is 8.11. The minimum Gasteiger partial charge on any atom is -0.392 e. The van der Waals surface area contributed by atoms with Crippen molar-refractivity contribution in [2.24, 2.45) is 5.73 Å². The molecule has 3 rings (SSSR count). The van der Waals surface area contributed by atoms with Crippen molar-refractivity contribution in [2.45, 2.75) is 12.6 Å². The molecule has 0 bridgehead atoms. The van der Waals surface area contributed by atoms with Crippen LogP contribution in [0, 0.1) is 5.82 Å². The van der Waals surface area contributed by atoms with Gasteiger partial charge in [-0.1, -0.05) is 24.3 Å². The van der Waals surface area contributed by atoms with Crippen LogP contribution in [0.15, 0.2) is 48.7 Å². The van der Waals surface area contributed by atoms with Crippen LogP contribution in [0.2, 0.25) is 0 Å². The number of carbonyl (C=O) groups is 1. The highest BCUT2D eigenvalue weighted by molar-refractivity contribution is 6.08. The first kappa shape index (κ1) is 18.8. The van der Waals surface area contributed by atoms with Gasteiger partial charge in [0.1, 0.15) is 5.82 Å². The molecule has 0 aliphatic heterocycles. The van der Waals surface area contributed by atoms with Crippen LogP contribution in [0.5, 0.6) is 0 Å². The van der Waals surface area contributed by atoms with E-state index in [0.717, 1.165) is 5.56 Å². The molecular formula is C20H21FN4O2. The van der Waals surface area contributed by atoms with Crippen molar-refractivity contribution in [1.29, 1.82) is 0 Å². The molecular weight excluding hydrogens is 347 g/mol. The number of fused-ring (bicyclic) bond motifs is 1. The highest BCUT2D eigenvalue weighted by Gasteiger charge is 2.18. The van der Waals surface area contributed by atoms with Crippen molar-refractivity contribution in [3.63, 3.8) is 0 Å². The minimum absolute atomic E-state index is 0.235. The summed E-state index contributed by atoms with van der Waals surface area (Å²) in [7, 11) is 1.80. The van der Waals surface area contributed by atoms with Crippen molar-refractivity contribution >= 4 is 22.5 Å². The van der Waals surface area contributed by atoms with Crippen LogP contribution in [0.1, 0.15) is 27.5 Å². The Morgan fingerprint density at radius 2 is 2.07 bits per heavy atom. The highest BCUT2D eigenvalue weighted by Crippen LogP contribution is 2.31. The lowest BCUT2D eigenvalue weighted by Gasteiger charge is -2.23. The van der Waals surface area contributed by atoms with E-state index < -0.39 is 5.91 Å². The molecule has 7 heteroatoms. The zero-order valence-corrected chi connectivity index (χ0v) is 14.9. The van der Waals surface area contributed by atoms with Crippen molar-refractivity contribution in [1.82, 2.24) is 10.3 Å². The third-order valence-corrected chi connectivity index (χ3v) is 4.39.